The quantitative estimate of drug-likeness (QED) is 0.307. The zero-order valence-electron chi connectivity index (χ0n) is 25.1. The van der Waals surface area contributed by atoms with Crippen molar-refractivity contribution in [3.8, 4) is 0 Å². The molecular formula is C30H39ClN8O5. The molecule has 2 bridgehead atoms. The lowest BCUT2D eigenvalue weighted by Gasteiger charge is -2.26. The van der Waals surface area contributed by atoms with E-state index in [0.717, 1.165) is 5.56 Å². The van der Waals surface area contributed by atoms with E-state index in [1.807, 2.05) is 49.1 Å². The van der Waals surface area contributed by atoms with Crippen LogP contribution in [0.2, 0.25) is 5.02 Å². The van der Waals surface area contributed by atoms with Crippen LogP contribution in [0.4, 0.5) is 0 Å². The molecular weight excluding hydrogens is 588 g/mol. The van der Waals surface area contributed by atoms with E-state index in [1.165, 1.54) is 13.0 Å². The SMILES string of the molecule is CC(C)C[C@H]1NC(=O)[C@@H](C)NC(=O)c2cc(on2)CN(CCn2cc(Cl)cn2)CCNC(=O)[C@@H](Cc2ccccc2)NC1=O. The highest BCUT2D eigenvalue weighted by Gasteiger charge is 2.30. The van der Waals surface area contributed by atoms with Crippen molar-refractivity contribution < 1.29 is 23.7 Å². The molecule has 0 spiro atoms. The number of carbonyl (C=O) groups excluding carboxylic acids is 4. The van der Waals surface area contributed by atoms with Crippen molar-refractivity contribution >= 4 is 35.2 Å². The molecule has 13 nitrogen and oxygen atoms in total. The number of amides is 4. The van der Waals surface area contributed by atoms with Crippen molar-refractivity contribution in [2.24, 2.45) is 5.92 Å². The Labute approximate surface area is 261 Å². The average Bonchev–Trinajstić information content (AvgIpc) is 3.63. The van der Waals surface area contributed by atoms with E-state index in [1.54, 1.807) is 17.1 Å². The Kier molecular flexibility index (Phi) is 11.5. The molecule has 4 amide bonds. The number of hydrogen-bond acceptors (Lipinski definition) is 8. The molecule has 3 heterocycles. The standard InChI is InChI=1S/C30H39ClN8O5/c1-19(2)13-24-29(42)36-25(14-21-7-5-4-6-8-21)28(41)32-9-10-38(11-12-39-17-22(31)16-33-39)18-23-15-26(37-44-23)30(43)34-20(3)27(40)35-24/h4-8,15-17,19-20,24-25H,9-14,18H2,1-3H3,(H,32,41)(H,34,43)(H,35,40)(H,36,42)/t20-,24-,25-/m1/s1. The number of rotatable bonds is 7. The lowest BCUT2D eigenvalue weighted by Crippen LogP contribution is -2.57. The van der Waals surface area contributed by atoms with E-state index in [0.29, 0.717) is 43.4 Å². The van der Waals surface area contributed by atoms with Gasteiger partial charge in [0, 0.05) is 38.3 Å². The van der Waals surface area contributed by atoms with Gasteiger partial charge in [0.1, 0.15) is 18.1 Å². The summed E-state index contributed by atoms with van der Waals surface area (Å²) in [7, 11) is 0. The van der Waals surface area contributed by atoms with Gasteiger partial charge in [0.15, 0.2) is 11.5 Å². The lowest BCUT2D eigenvalue weighted by molar-refractivity contribution is -0.132. The first kappa shape index (κ1) is 32.7. The first-order chi connectivity index (χ1) is 21.1. The van der Waals surface area contributed by atoms with Crippen LogP contribution < -0.4 is 21.3 Å². The zero-order chi connectivity index (χ0) is 31.6. The van der Waals surface area contributed by atoms with Crippen LogP contribution in [0.25, 0.3) is 0 Å². The van der Waals surface area contributed by atoms with Gasteiger partial charge in [-0.1, -0.05) is 60.9 Å². The normalized spacial score (nSPS) is 21.2. The van der Waals surface area contributed by atoms with Gasteiger partial charge in [-0.25, -0.2) is 0 Å². The highest BCUT2D eigenvalue weighted by molar-refractivity contribution is 6.30. The molecule has 1 aliphatic rings. The summed E-state index contributed by atoms with van der Waals surface area (Å²) in [6.45, 7) is 7.41. The van der Waals surface area contributed by atoms with Crippen molar-refractivity contribution in [2.75, 3.05) is 19.6 Å². The maximum atomic E-state index is 13.5. The van der Waals surface area contributed by atoms with Gasteiger partial charge in [0.05, 0.1) is 24.3 Å². The van der Waals surface area contributed by atoms with Crippen LogP contribution in [-0.4, -0.2) is 81.2 Å². The van der Waals surface area contributed by atoms with Gasteiger partial charge in [0.25, 0.3) is 5.91 Å². The van der Waals surface area contributed by atoms with E-state index in [9.17, 15) is 19.2 Å². The van der Waals surface area contributed by atoms with E-state index >= 15 is 0 Å². The molecule has 0 aliphatic carbocycles. The minimum Gasteiger partial charge on any atom is -0.359 e. The number of nitrogens with one attached hydrogen (secondary N) is 4. The Balaban J connectivity index is 1.58. The molecule has 1 aliphatic heterocycles. The van der Waals surface area contributed by atoms with Crippen molar-refractivity contribution in [1.29, 1.82) is 0 Å². The Morgan fingerprint density at radius 2 is 1.75 bits per heavy atom. The third-order valence-electron chi connectivity index (χ3n) is 7.14. The number of hydrogen-bond donors (Lipinski definition) is 4. The summed E-state index contributed by atoms with van der Waals surface area (Å²) in [4.78, 5) is 55.0. The molecule has 0 saturated heterocycles. The Morgan fingerprint density at radius 3 is 2.45 bits per heavy atom. The summed E-state index contributed by atoms with van der Waals surface area (Å²) in [5.41, 5.74) is 0.893. The van der Waals surface area contributed by atoms with Gasteiger partial charge >= 0.3 is 0 Å². The monoisotopic (exact) mass is 626 g/mol. The number of fused-ring (bicyclic) bond motifs is 2. The van der Waals surface area contributed by atoms with E-state index in [-0.39, 0.29) is 30.5 Å². The minimum atomic E-state index is -0.968. The fraction of sp³-hybridized carbons (Fsp3) is 0.467. The Bertz CT molecular complexity index is 1430. The molecule has 1 aromatic carbocycles. The smallest absolute Gasteiger partial charge is 0.274 e. The Hall–Kier alpha value is -4.23. The summed E-state index contributed by atoms with van der Waals surface area (Å²) in [5.74, 6) is -1.46. The highest BCUT2D eigenvalue weighted by Crippen LogP contribution is 2.11. The molecule has 0 unspecified atom stereocenters. The van der Waals surface area contributed by atoms with Gasteiger partial charge in [-0.15, -0.1) is 0 Å². The van der Waals surface area contributed by atoms with Crippen LogP contribution in [-0.2, 0) is 33.9 Å². The maximum absolute atomic E-state index is 13.5. The van der Waals surface area contributed by atoms with Crippen LogP contribution in [0.5, 0.6) is 0 Å². The second kappa shape index (κ2) is 15.5. The van der Waals surface area contributed by atoms with Gasteiger partial charge in [-0.2, -0.15) is 5.10 Å². The molecule has 44 heavy (non-hydrogen) atoms. The first-order valence-corrected chi connectivity index (χ1v) is 15.0. The minimum absolute atomic E-state index is 0.0214. The molecule has 0 radical (unpaired) electrons. The second-order valence-corrected chi connectivity index (χ2v) is 11.7. The first-order valence-electron chi connectivity index (χ1n) is 14.7. The predicted molar refractivity (Wildman–Crippen MR) is 162 cm³/mol. The van der Waals surface area contributed by atoms with Crippen molar-refractivity contribution in [3.63, 3.8) is 0 Å². The molecule has 236 valence electrons. The number of halogens is 1. The fourth-order valence-electron chi connectivity index (χ4n) is 4.82. The predicted octanol–water partition coefficient (Wildman–Crippen LogP) is 1.53. The van der Waals surface area contributed by atoms with Crippen molar-refractivity contribution in [1.82, 2.24) is 41.1 Å². The van der Waals surface area contributed by atoms with Gasteiger partial charge < -0.3 is 25.8 Å². The molecule has 2 aromatic heterocycles. The second-order valence-electron chi connectivity index (χ2n) is 11.3. The molecule has 0 fully saturated rings. The van der Waals surface area contributed by atoms with E-state index in [2.05, 4.69) is 31.5 Å². The van der Waals surface area contributed by atoms with Crippen LogP contribution in [0.1, 0.15) is 49.0 Å². The number of aromatic nitrogens is 3. The Morgan fingerprint density at radius 1 is 1.00 bits per heavy atom. The summed E-state index contributed by atoms with van der Waals surface area (Å²) >= 11 is 6.01. The summed E-state index contributed by atoms with van der Waals surface area (Å²) in [5, 5.41) is 19.8. The van der Waals surface area contributed by atoms with Crippen LogP contribution >= 0.6 is 11.6 Å². The van der Waals surface area contributed by atoms with Crippen LogP contribution in [0.15, 0.2) is 53.3 Å². The van der Waals surface area contributed by atoms with E-state index in [4.69, 9.17) is 16.1 Å². The zero-order valence-corrected chi connectivity index (χ0v) is 25.8. The van der Waals surface area contributed by atoms with Crippen molar-refractivity contribution in [2.45, 2.75) is 64.8 Å². The lowest BCUT2D eigenvalue weighted by atomic mass is 10.0. The van der Waals surface area contributed by atoms with Crippen molar-refractivity contribution in [3.05, 3.63) is 70.8 Å². The van der Waals surface area contributed by atoms with E-state index < -0.39 is 35.8 Å². The maximum Gasteiger partial charge on any atom is 0.274 e. The average molecular weight is 627 g/mol. The number of nitrogens with zero attached hydrogens (tertiary/aromatic N) is 4. The molecule has 3 atom stereocenters. The molecule has 4 rings (SSSR count). The van der Waals surface area contributed by atoms with Gasteiger partial charge in [-0.05, 0) is 24.8 Å². The summed E-state index contributed by atoms with van der Waals surface area (Å²) < 4.78 is 7.15. The highest BCUT2D eigenvalue weighted by atomic mass is 35.5. The summed E-state index contributed by atoms with van der Waals surface area (Å²) in [6.07, 6.45) is 3.86. The summed E-state index contributed by atoms with van der Waals surface area (Å²) in [6, 6.07) is 8.13. The molecule has 0 saturated carbocycles. The van der Waals surface area contributed by atoms with Gasteiger partial charge in [-0.3, -0.25) is 28.8 Å². The number of benzene rings is 1. The molecule has 4 N–H and O–H groups in total. The van der Waals surface area contributed by atoms with Crippen LogP contribution in [0.3, 0.4) is 0 Å². The van der Waals surface area contributed by atoms with Gasteiger partial charge in [0.2, 0.25) is 17.7 Å². The topological polar surface area (TPSA) is 163 Å². The molecule has 14 heteroatoms. The third kappa shape index (κ3) is 9.64. The number of carbonyl (C=O) groups is 4. The fourth-order valence-corrected chi connectivity index (χ4v) is 4.97. The third-order valence-corrected chi connectivity index (χ3v) is 7.34. The largest absolute Gasteiger partial charge is 0.359 e. The van der Waals surface area contributed by atoms with Crippen LogP contribution in [0, 0.1) is 5.92 Å². The molecule has 3 aromatic rings.